The van der Waals surface area contributed by atoms with Crippen LogP contribution in [0.1, 0.15) is 12.3 Å². The molecule has 0 spiro atoms. The second-order valence-electron chi connectivity index (χ2n) is 2.47. The van der Waals surface area contributed by atoms with Gasteiger partial charge >= 0.3 is 12.2 Å². The zero-order valence-electron chi connectivity index (χ0n) is 7.06. The van der Waals surface area contributed by atoms with Crippen LogP contribution in [0.15, 0.2) is 9.21 Å². The van der Waals surface area contributed by atoms with Crippen molar-refractivity contribution >= 4 is 19.7 Å². The summed E-state index contributed by atoms with van der Waals surface area (Å²) < 4.78 is 49.5. The Balaban J connectivity index is 2.83. The molecule has 1 heterocycles. The van der Waals surface area contributed by atoms with Crippen molar-refractivity contribution < 1.29 is 21.6 Å². The number of aryl methyl sites for hydroxylation is 1. The van der Waals surface area contributed by atoms with Gasteiger partial charge in [0.2, 0.25) is 9.05 Å². The fourth-order valence-electron chi connectivity index (χ4n) is 0.747. The van der Waals surface area contributed by atoms with Crippen LogP contribution in [0.3, 0.4) is 0 Å². The maximum Gasteiger partial charge on any atom is 0.437 e. The van der Waals surface area contributed by atoms with Gasteiger partial charge in [-0.25, -0.2) is 13.2 Å². The molecule has 0 aliphatic heterocycles. The van der Waals surface area contributed by atoms with Crippen LogP contribution in [0.2, 0.25) is 0 Å². The summed E-state index contributed by atoms with van der Waals surface area (Å²) >= 11 is 0. The molecule has 0 unspecified atom stereocenters. The average Bonchev–Trinajstić information content (AvgIpc) is 2.42. The molecule has 0 fully saturated rings. The summed E-state index contributed by atoms with van der Waals surface area (Å²) in [5.41, 5.74) is 0. The number of hydrogen-bond acceptors (Lipinski definition) is 5. The Kier molecular flexibility index (Phi) is 3.45. The fourth-order valence-corrected chi connectivity index (χ4v) is 1.35. The zero-order chi connectivity index (χ0) is 11.6. The summed E-state index contributed by atoms with van der Waals surface area (Å²) in [6.07, 6.45) is -3.02. The van der Waals surface area contributed by atoms with Crippen molar-refractivity contribution in [1.29, 1.82) is 0 Å². The van der Waals surface area contributed by atoms with Gasteiger partial charge in [-0.15, -0.1) is 5.10 Å². The molecule has 0 aliphatic carbocycles. The van der Waals surface area contributed by atoms with Crippen LogP contribution in [-0.2, 0) is 15.6 Å². The van der Waals surface area contributed by atoms with Gasteiger partial charge in [0.05, 0.1) is 12.3 Å². The van der Waals surface area contributed by atoms with Gasteiger partial charge in [-0.05, 0) is 0 Å². The Hall–Kier alpha value is -0.960. The van der Waals surface area contributed by atoms with Crippen molar-refractivity contribution in [2.75, 3.05) is 5.75 Å². The highest BCUT2D eigenvalue weighted by Crippen LogP contribution is 2.13. The smallest absolute Gasteiger partial charge is 0.386 e. The highest BCUT2D eigenvalue weighted by atomic mass is 35.7. The van der Waals surface area contributed by atoms with E-state index in [9.17, 15) is 22.0 Å². The minimum Gasteiger partial charge on any atom is -0.386 e. The van der Waals surface area contributed by atoms with Crippen molar-refractivity contribution in [3.8, 4) is 0 Å². The van der Waals surface area contributed by atoms with Crippen molar-refractivity contribution in [3.63, 3.8) is 0 Å². The van der Waals surface area contributed by atoms with Gasteiger partial charge < -0.3 is 4.42 Å². The maximum absolute atomic E-state index is 12.0. The summed E-state index contributed by atoms with van der Waals surface area (Å²) in [7, 11) is 1.05. The van der Waals surface area contributed by atoms with Gasteiger partial charge in [0.25, 0.3) is 5.89 Å². The monoisotopic (exact) mass is 262 g/mol. The second-order valence-corrected chi connectivity index (χ2v) is 5.37. The molecule has 1 aromatic heterocycles. The third kappa shape index (κ3) is 3.59. The summed E-state index contributed by atoms with van der Waals surface area (Å²) in [4.78, 5) is 10.8. The molecular formula is C5H5ClF2N2O4S. The third-order valence-electron chi connectivity index (χ3n) is 1.36. The number of alkyl halides is 2. The van der Waals surface area contributed by atoms with E-state index in [1.807, 2.05) is 0 Å². The van der Waals surface area contributed by atoms with E-state index in [4.69, 9.17) is 10.7 Å². The summed E-state index contributed by atoms with van der Waals surface area (Å²) in [5.74, 6) is -2.79. The Morgan fingerprint density at radius 1 is 1.53 bits per heavy atom. The molecule has 0 aliphatic rings. The normalized spacial score (nSPS) is 12.3. The molecule has 0 radical (unpaired) electrons. The first-order valence-corrected chi connectivity index (χ1v) is 6.06. The Labute approximate surface area is 86.9 Å². The van der Waals surface area contributed by atoms with E-state index in [-0.39, 0.29) is 0 Å². The van der Waals surface area contributed by atoms with Gasteiger partial charge in [0.15, 0.2) is 0 Å². The van der Waals surface area contributed by atoms with E-state index in [2.05, 4.69) is 9.52 Å². The Morgan fingerprint density at radius 2 is 2.13 bits per heavy atom. The van der Waals surface area contributed by atoms with Gasteiger partial charge in [-0.1, -0.05) is 0 Å². The predicted molar refractivity (Wildman–Crippen MR) is 45.4 cm³/mol. The Bertz CT molecular complexity index is 493. The standard InChI is InChI=1S/C5H5ClF2N2O4S/c6-15(12,13)2-1-10-5(11)14-4(9-10)3(7)8/h3H,1-2H2. The molecule has 0 atom stereocenters. The zero-order valence-corrected chi connectivity index (χ0v) is 8.63. The molecule has 6 nitrogen and oxygen atoms in total. The van der Waals surface area contributed by atoms with Crippen LogP contribution >= 0.6 is 10.7 Å². The van der Waals surface area contributed by atoms with E-state index in [0.29, 0.717) is 4.68 Å². The number of rotatable bonds is 4. The van der Waals surface area contributed by atoms with Crippen molar-refractivity contribution in [1.82, 2.24) is 9.78 Å². The highest BCUT2D eigenvalue weighted by molar-refractivity contribution is 8.13. The maximum atomic E-state index is 12.0. The molecule has 1 rings (SSSR count). The molecule has 0 aromatic carbocycles. The molecule has 1 aromatic rings. The number of halogens is 3. The lowest BCUT2D eigenvalue weighted by atomic mass is 10.7. The lowest BCUT2D eigenvalue weighted by Gasteiger charge is -1.94. The van der Waals surface area contributed by atoms with Gasteiger partial charge in [0, 0.05) is 10.7 Å². The van der Waals surface area contributed by atoms with E-state index in [1.165, 1.54) is 0 Å². The average molecular weight is 263 g/mol. The molecule has 0 bridgehead atoms. The molecule has 10 heteroatoms. The van der Waals surface area contributed by atoms with Crippen molar-refractivity contribution in [2.45, 2.75) is 13.0 Å². The molecule has 0 saturated heterocycles. The first-order chi connectivity index (χ1) is 6.79. The minimum atomic E-state index is -3.81. The summed E-state index contributed by atoms with van der Waals surface area (Å²) in [5, 5.41) is 3.08. The molecule has 15 heavy (non-hydrogen) atoms. The topological polar surface area (TPSA) is 82.2 Å². The molecular weight excluding hydrogens is 258 g/mol. The fraction of sp³-hybridized carbons (Fsp3) is 0.600. The minimum absolute atomic E-state index is 0.430. The summed E-state index contributed by atoms with van der Waals surface area (Å²) in [6.45, 7) is -0.430. The Morgan fingerprint density at radius 3 is 2.53 bits per heavy atom. The van der Waals surface area contributed by atoms with Crippen LogP contribution in [0.5, 0.6) is 0 Å². The molecule has 0 amide bonds. The largest absolute Gasteiger partial charge is 0.437 e. The predicted octanol–water partition coefficient (Wildman–Crippen LogP) is 0.342. The lowest BCUT2D eigenvalue weighted by molar-refractivity contribution is 0.113. The second kappa shape index (κ2) is 4.27. The number of aromatic nitrogens is 2. The van der Waals surface area contributed by atoms with E-state index in [0.717, 1.165) is 0 Å². The first kappa shape index (κ1) is 12.1. The SMILES string of the molecule is O=c1oc(C(F)F)nn1CCS(=O)(=O)Cl. The van der Waals surface area contributed by atoms with Crippen LogP contribution in [-0.4, -0.2) is 24.0 Å². The van der Waals surface area contributed by atoms with Crippen LogP contribution in [0, 0.1) is 0 Å². The van der Waals surface area contributed by atoms with Gasteiger partial charge in [0.1, 0.15) is 0 Å². The molecule has 86 valence electrons. The van der Waals surface area contributed by atoms with Crippen molar-refractivity contribution in [2.24, 2.45) is 0 Å². The van der Waals surface area contributed by atoms with E-state index in [1.54, 1.807) is 0 Å². The number of hydrogen-bond donors (Lipinski definition) is 0. The molecule has 0 N–H and O–H groups in total. The lowest BCUT2D eigenvalue weighted by Crippen LogP contribution is -2.19. The van der Waals surface area contributed by atoms with Crippen LogP contribution in [0.4, 0.5) is 8.78 Å². The van der Waals surface area contributed by atoms with Crippen LogP contribution in [0.25, 0.3) is 0 Å². The van der Waals surface area contributed by atoms with Crippen molar-refractivity contribution in [3.05, 3.63) is 16.4 Å². The van der Waals surface area contributed by atoms with E-state index < -0.39 is 39.4 Å². The molecule has 0 saturated carbocycles. The quantitative estimate of drug-likeness (QED) is 0.731. The van der Waals surface area contributed by atoms with Gasteiger partial charge in [-0.3, -0.25) is 0 Å². The summed E-state index contributed by atoms with van der Waals surface area (Å²) in [6, 6.07) is 0. The van der Waals surface area contributed by atoms with Gasteiger partial charge in [-0.2, -0.15) is 13.5 Å². The first-order valence-electron chi connectivity index (χ1n) is 3.58. The number of nitrogens with zero attached hydrogens (tertiary/aromatic N) is 2. The van der Waals surface area contributed by atoms with E-state index >= 15 is 0 Å². The third-order valence-corrected chi connectivity index (χ3v) is 2.49. The van der Waals surface area contributed by atoms with Crippen LogP contribution < -0.4 is 5.76 Å². The highest BCUT2D eigenvalue weighted by Gasteiger charge is 2.18.